The maximum absolute atomic E-state index is 3.42. The third-order valence-electron chi connectivity index (χ3n) is 3.32. The van der Waals surface area contributed by atoms with E-state index < -0.39 is 0 Å². The van der Waals surface area contributed by atoms with E-state index in [-0.39, 0.29) is 0 Å². The Morgan fingerprint density at radius 2 is 2.06 bits per heavy atom. The maximum Gasteiger partial charge on any atom is 0.0469 e. The molecule has 0 bridgehead atoms. The molecule has 0 aromatic heterocycles. The molecular formula is C13H20N2S. The average Bonchev–Trinajstić information content (AvgIpc) is 2.39. The summed E-state index contributed by atoms with van der Waals surface area (Å²) in [5, 5.41) is 3.42. The summed E-state index contributed by atoms with van der Waals surface area (Å²) < 4.78 is 2.21. The molecule has 0 spiro atoms. The predicted molar refractivity (Wildman–Crippen MR) is 73.2 cm³/mol. The first-order valence-corrected chi connectivity index (χ1v) is 7.08. The van der Waals surface area contributed by atoms with Crippen LogP contribution >= 0.6 is 11.9 Å². The fourth-order valence-electron chi connectivity index (χ4n) is 2.24. The minimum atomic E-state index is 0.747. The molecule has 1 aliphatic rings. The summed E-state index contributed by atoms with van der Waals surface area (Å²) >= 11 is 1.75. The molecule has 2 nitrogen and oxygen atoms in total. The predicted octanol–water partition coefficient (Wildman–Crippen LogP) is 2.87. The number of benzene rings is 1. The van der Waals surface area contributed by atoms with Gasteiger partial charge >= 0.3 is 0 Å². The lowest BCUT2D eigenvalue weighted by Gasteiger charge is -2.24. The van der Waals surface area contributed by atoms with Gasteiger partial charge in [-0.2, -0.15) is 0 Å². The van der Waals surface area contributed by atoms with Gasteiger partial charge in [0.05, 0.1) is 0 Å². The number of piperidine rings is 1. The lowest BCUT2D eigenvalue weighted by Crippen LogP contribution is -2.26. The highest BCUT2D eigenvalue weighted by molar-refractivity contribution is 7.99. The van der Waals surface area contributed by atoms with Crippen LogP contribution < -0.4 is 9.62 Å². The van der Waals surface area contributed by atoms with Gasteiger partial charge in [-0.15, -0.1) is 0 Å². The number of nitrogens with zero attached hydrogens (tertiary/aromatic N) is 1. The van der Waals surface area contributed by atoms with Crippen molar-refractivity contribution in [3.63, 3.8) is 0 Å². The molecule has 0 unspecified atom stereocenters. The van der Waals surface area contributed by atoms with E-state index in [4.69, 9.17) is 0 Å². The summed E-state index contributed by atoms with van der Waals surface area (Å²) in [7, 11) is 2.12. The van der Waals surface area contributed by atoms with Gasteiger partial charge < -0.3 is 9.62 Å². The zero-order valence-electron chi connectivity index (χ0n) is 10.1. The highest BCUT2D eigenvalue weighted by atomic mass is 32.2. The second-order valence-corrected chi connectivity index (χ2v) is 5.21. The quantitative estimate of drug-likeness (QED) is 0.812. The maximum atomic E-state index is 3.42. The van der Waals surface area contributed by atoms with Crippen LogP contribution in [0, 0.1) is 0 Å². The van der Waals surface area contributed by atoms with Crippen LogP contribution in [0.4, 0.5) is 5.69 Å². The third-order valence-corrected chi connectivity index (χ3v) is 4.08. The van der Waals surface area contributed by atoms with E-state index in [9.17, 15) is 0 Å². The van der Waals surface area contributed by atoms with Crippen molar-refractivity contribution >= 4 is 17.6 Å². The Bertz CT molecular complexity index is 334. The summed E-state index contributed by atoms with van der Waals surface area (Å²) in [4.78, 5) is 0. The highest BCUT2D eigenvalue weighted by Crippen LogP contribution is 2.29. The highest BCUT2D eigenvalue weighted by Gasteiger charge is 2.15. The van der Waals surface area contributed by atoms with Crippen molar-refractivity contribution in [2.45, 2.75) is 18.8 Å². The molecule has 0 atom stereocenters. The van der Waals surface area contributed by atoms with Gasteiger partial charge in [-0.25, -0.2) is 0 Å². The molecule has 3 heteroatoms. The van der Waals surface area contributed by atoms with Crippen molar-refractivity contribution in [1.82, 2.24) is 5.32 Å². The lowest BCUT2D eigenvalue weighted by molar-refractivity contribution is 0.460. The van der Waals surface area contributed by atoms with Crippen LogP contribution in [0.25, 0.3) is 0 Å². The Kier molecular flexibility index (Phi) is 4.13. The molecule has 88 valence electrons. The van der Waals surface area contributed by atoms with E-state index in [0.717, 1.165) is 19.0 Å². The van der Waals surface area contributed by atoms with Gasteiger partial charge in [-0.05, 0) is 49.5 Å². The van der Waals surface area contributed by atoms with Crippen molar-refractivity contribution in [2.24, 2.45) is 0 Å². The first-order chi connectivity index (χ1) is 7.81. The van der Waals surface area contributed by atoms with Crippen molar-refractivity contribution in [1.29, 1.82) is 0 Å². The van der Waals surface area contributed by atoms with E-state index >= 15 is 0 Å². The van der Waals surface area contributed by atoms with Gasteiger partial charge in [-0.1, -0.05) is 24.1 Å². The molecule has 1 N–H and O–H groups in total. The van der Waals surface area contributed by atoms with Crippen molar-refractivity contribution in [3.05, 3.63) is 29.8 Å². The first-order valence-electron chi connectivity index (χ1n) is 5.90. The number of hydrogen-bond acceptors (Lipinski definition) is 3. The van der Waals surface area contributed by atoms with Crippen LogP contribution in [-0.2, 0) is 0 Å². The van der Waals surface area contributed by atoms with Gasteiger partial charge in [0.15, 0.2) is 0 Å². The zero-order chi connectivity index (χ0) is 11.4. The Morgan fingerprint density at radius 3 is 2.75 bits per heavy atom. The molecular weight excluding hydrogens is 216 g/mol. The molecule has 1 aromatic rings. The monoisotopic (exact) mass is 236 g/mol. The summed E-state index contributed by atoms with van der Waals surface area (Å²) in [6.07, 6.45) is 4.65. The minimum Gasteiger partial charge on any atom is -0.320 e. The molecule has 1 saturated heterocycles. The number of anilines is 1. The largest absolute Gasteiger partial charge is 0.320 e. The molecule has 0 amide bonds. The van der Waals surface area contributed by atoms with Crippen LogP contribution in [0.5, 0.6) is 0 Å². The summed E-state index contributed by atoms with van der Waals surface area (Å²) in [6, 6.07) is 8.97. The summed E-state index contributed by atoms with van der Waals surface area (Å²) in [5.74, 6) is 0.747. The van der Waals surface area contributed by atoms with Crippen LogP contribution in [0.15, 0.2) is 24.3 Å². The van der Waals surface area contributed by atoms with E-state index in [1.54, 1.807) is 11.9 Å². The number of hydrogen-bond donors (Lipinski definition) is 1. The summed E-state index contributed by atoms with van der Waals surface area (Å²) in [6.45, 7) is 2.32. The Labute approximate surface area is 103 Å². The Hall–Kier alpha value is -0.670. The molecule has 1 aliphatic heterocycles. The third kappa shape index (κ3) is 2.71. The van der Waals surface area contributed by atoms with Crippen LogP contribution in [0.1, 0.15) is 24.3 Å². The first kappa shape index (κ1) is 11.8. The van der Waals surface area contributed by atoms with Crippen molar-refractivity contribution < 1.29 is 0 Å². The molecule has 2 rings (SSSR count). The molecule has 1 aromatic carbocycles. The topological polar surface area (TPSA) is 15.3 Å². The van der Waals surface area contributed by atoms with Gasteiger partial charge in [0.1, 0.15) is 0 Å². The van der Waals surface area contributed by atoms with E-state index in [1.807, 2.05) is 0 Å². The second kappa shape index (κ2) is 5.60. The van der Waals surface area contributed by atoms with E-state index in [2.05, 4.69) is 47.2 Å². The van der Waals surface area contributed by atoms with Crippen LogP contribution in [-0.4, -0.2) is 26.4 Å². The Morgan fingerprint density at radius 1 is 1.31 bits per heavy atom. The summed E-state index contributed by atoms with van der Waals surface area (Å²) in [5.41, 5.74) is 2.81. The van der Waals surface area contributed by atoms with Crippen LogP contribution in [0.3, 0.4) is 0 Å². The minimum absolute atomic E-state index is 0.747. The van der Waals surface area contributed by atoms with Gasteiger partial charge in [0.25, 0.3) is 0 Å². The SMILES string of the molecule is CSN(C)c1cccc(C2CCNCC2)c1. The van der Waals surface area contributed by atoms with E-state index in [1.165, 1.54) is 24.1 Å². The van der Waals surface area contributed by atoms with Crippen LogP contribution in [0.2, 0.25) is 0 Å². The van der Waals surface area contributed by atoms with Gasteiger partial charge in [0, 0.05) is 19.0 Å². The van der Waals surface area contributed by atoms with E-state index in [0.29, 0.717) is 0 Å². The average molecular weight is 236 g/mol. The zero-order valence-corrected chi connectivity index (χ0v) is 10.9. The van der Waals surface area contributed by atoms with Crippen molar-refractivity contribution in [2.75, 3.05) is 30.7 Å². The molecule has 0 radical (unpaired) electrons. The number of rotatable bonds is 3. The molecule has 1 heterocycles. The smallest absolute Gasteiger partial charge is 0.0469 e. The fourth-order valence-corrected chi connectivity index (χ4v) is 2.56. The molecule has 16 heavy (non-hydrogen) atoms. The number of nitrogens with one attached hydrogen (secondary N) is 1. The van der Waals surface area contributed by atoms with Gasteiger partial charge in [0.2, 0.25) is 0 Å². The standard InChI is InChI=1S/C13H20N2S/c1-15(16-2)13-5-3-4-12(10-13)11-6-8-14-9-7-11/h3-5,10-11,14H,6-9H2,1-2H3. The second-order valence-electron chi connectivity index (χ2n) is 4.30. The molecule has 0 saturated carbocycles. The normalized spacial score (nSPS) is 17.4. The Balaban J connectivity index is 2.14. The van der Waals surface area contributed by atoms with Crippen molar-refractivity contribution in [3.8, 4) is 0 Å². The lowest BCUT2D eigenvalue weighted by atomic mass is 9.90. The molecule has 0 aliphatic carbocycles. The fraction of sp³-hybridized carbons (Fsp3) is 0.538. The molecule has 1 fully saturated rings. The van der Waals surface area contributed by atoms with Gasteiger partial charge in [-0.3, -0.25) is 0 Å².